The van der Waals surface area contributed by atoms with Gasteiger partial charge in [0.2, 0.25) is 0 Å². The fraction of sp³-hybridized carbons (Fsp3) is 0.167. The maximum absolute atomic E-state index is 10.7. The summed E-state index contributed by atoms with van der Waals surface area (Å²) in [7, 11) is 0. The average Bonchev–Trinajstić information content (AvgIpc) is 2.66. The molecule has 86 valence electrons. The first-order valence-corrected chi connectivity index (χ1v) is 6.70. The fourth-order valence-electron chi connectivity index (χ4n) is 1.34. The Kier molecular flexibility index (Phi) is 3.87. The number of nitrogens with zero attached hydrogens (tertiary/aromatic N) is 1. The summed E-state index contributed by atoms with van der Waals surface area (Å²) < 4.78 is 0.989. The van der Waals surface area contributed by atoms with Crippen LogP contribution in [0.4, 0.5) is 0 Å². The molecule has 0 bridgehead atoms. The van der Waals surface area contributed by atoms with Gasteiger partial charge in [-0.2, -0.15) is 5.10 Å². The number of thioether (sulfide) groups is 1. The predicted octanol–water partition coefficient (Wildman–Crippen LogP) is 2.96. The van der Waals surface area contributed by atoms with Gasteiger partial charge in [-0.15, -0.1) is 0 Å². The summed E-state index contributed by atoms with van der Waals surface area (Å²) in [4.78, 5) is 10.7. The van der Waals surface area contributed by atoms with Crippen molar-refractivity contribution in [1.82, 2.24) is 10.2 Å². The molecule has 5 heteroatoms. The van der Waals surface area contributed by atoms with Crippen LogP contribution in [-0.2, 0) is 4.79 Å². The van der Waals surface area contributed by atoms with Crippen LogP contribution in [0.1, 0.15) is 12.6 Å². The molecule has 1 heterocycles. The van der Waals surface area contributed by atoms with Crippen molar-refractivity contribution in [2.24, 2.45) is 0 Å². The van der Waals surface area contributed by atoms with Gasteiger partial charge in [-0.3, -0.25) is 9.89 Å². The summed E-state index contributed by atoms with van der Waals surface area (Å²) in [5.41, 5.74) is 1.67. The number of H-pyrrole nitrogens is 1. The number of aromatic nitrogens is 2. The second-order valence-corrected chi connectivity index (χ2v) is 5.41. The molecule has 1 N–H and O–H groups in total. The Hall–Kier alpha value is -1.25. The minimum atomic E-state index is 0.0812. The highest BCUT2D eigenvalue weighted by atomic mass is 79.9. The zero-order chi connectivity index (χ0) is 12.3. The maximum Gasteiger partial charge on any atom is 0.186 e. The Morgan fingerprint density at radius 3 is 3.18 bits per heavy atom. The molecule has 0 spiro atoms. The summed E-state index contributed by atoms with van der Waals surface area (Å²) in [6.07, 6.45) is 0. The molecule has 0 amide bonds. The third kappa shape index (κ3) is 3.11. The van der Waals surface area contributed by atoms with Crippen LogP contribution in [0, 0.1) is 11.8 Å². The van der Waals surface area contributed by atoms with Crippen LogP contribution in [0.5, 0.6) is 0 Å². The molecule has 1 aromatic carbocycles. The summed E-state index contributed by atoms with van der Waals surface area (Å²) in [5.74, 6) is 6.43. The van der Waals surface area contributed by atoms with Crippen molar-refractivity contribution in [2.45, 2.75) is 6.92 Å². The van der Waals surface area contributed by atoms with Gasteiger partial charge in [0.1, 0.15) is 5.69 Å². The maximum atomic E-state index is 10.7. The van der Waals surface area contributed by atoms with E-state index >= 15 is 0 Å². The Morgan fingerprint density at radius 2 is 2.41 bits per heavy atom. The molecule has 2 rings (SSSR count). The molecule has 0 fully saturated rings. The van der Waals surface area contributed by atoms with Crippen molar-refractivity contribution in [1.29, 1.82) is 0 Å². The summed E-state index contributed by atoms with van der Waals surface area (Å²) in [6, 6.07) is 5.85. The van der Waals surface area contributed by atoms with E-state index < -0.39 is 0 Å². The third-order valence-corrected chi connectivity index (χ3v) is 3.27. The minimum Gasteiger partial charge on any atom is -0.288 e. The van der Waals surface area contributed by atoms with Gasteiger partial charge in [0.15, 0.2) is 5.12 Å². The highest BCUT2D eigenvalue weighted by molar-refractivity contribution is 9.10. The lowest BCUT2D eigenvalue weighted by molar-refractivity contribution is -0.109. The molecule has 0 radical (unpaired) electrons. The molecule has 2 aromatic rings. The molecule has 0 saturated carbocycles. The van der Waals surface area contributed by atoms with E-state index in [9.17, 15) is 4.79 Å². The van der Waals surface area contributed by atoms with E-state index in [-0.39, 0.29) is 5.12 Å². The van der Waals surface area contributed by atoms with Crippen LogP contribution < -0.4 is 0 Å². The standard InChI is InChI=1S/C12H9BrN2OS/c1-8(16)17-6-2-3-11-10-5-4-9(13)7-12(10)15-14-11/h4-5,7H,6H2,1H3,(H,14,15). The van der Waals surface area contributed by atoms with Crippen molar-refractivity contribution in [2.75, 3.05) is 5.75 Å². The second-order valence-electron chi connectivity index (χ2n) is 3.34. The Labute approximate surface area is 111 Å². The van der Waals surface area contributed by atoms with Crippen molar-refractivity contribution in [3.63, 3.8) is 0 Å². The fourth-order valence-corrected chi connectivity index (χ4v) is 2.04. The number of carbonyl (C=O) groups is 1. The quantitative estimate of drug-likeness (QED) is 0.824. The molecule has 3 nitrogen and oxygen atoms in total. The lowest BCUT2D eigenvalue weighted by Crippen LogP contribution is -1.82. The van der Waals surface area contributed by atoms with Crippen LogP contribution in [0.25, 0.3) is 10.9 Å². The number of hydrogen-bond donors (Lipinski definition) is 1. The van der Waals surface area contributed by atoms with Crippen LogP contribution in [0.3, 0.4) is 0 Å². The summed E-state index contributed by atoms with van der Waals surface area (Å²) >= 11 is 4.60. The molecule has 0 unspecified atom stereocenters. The number of aromatic amines is 1. The molecule has 17 heavy (non-hydrogen) atoms. The van der Waals surface area contributed by atoms with E-state index in [1.165, 1.54) is 18.7 Å². The summed E-state index contributed by atoms with van der Waals surface area (Å²) in [6.45, 7) is 1.54. The molecular weight excluding hydrogens is 300 g/mol. The van der Waals surface area contributed by atoms with Crippen molar-refractivity contribution >= 4 is 43.7 Å². The first-order chi connectivity index (χ1) is 8.16. The van der Waals surface area contributed by atoms with Crippen LogP contribution in [0.2, 0.25) is 0 Å². The number of fused-ring (bicyclic) bond motifs is 1. The van der Waals surface area contributed by atoms with Crippen LogP contribution in [-0.4, -0.2) is 21.1 Å². The monoisotopic (exact) mass is 308 g/mol. The molecule has 0 aliphatic heterocycles. The normalized spacial score (nSPS) is 10.0. The van der Waals surface area contributed by atoms with Gasteiger partial charge in [0, 0.05) is 16.8 Å². The van der Waals surface area contributed by atoms with Crippen LogP contribution in [0.15, 0.2) is 22.7 Å². The highest BCUT2D eigenvalue weighted by Gasteiger charge is 2.02. The van der Waals surface area contributed by atoms with E-state index in [2.05, 4.69) is 38.0 Å². The molecule has 1 aromatic heterocycles. The van der Waals surface area contributed by atoms with E-state index in [1.54, 1.807) is 0 Å². The number of hydrogen-bond acceptors (Lipinski definition) is 3. The van der Waals surface area contributed by atoms with Gasteiger partial charge in [0.25, 0.3) is 0 Å². The van der Waals surface area contributed by atoms with E-state index in [1.807, 2.05) is 18.2 Å². The SMILES string of the molecule is CC(=O)SCC#Cc1[nH]nc2cc(Br)ccc12. The summed E-state index contributed by atoms with van der Waals surface area (Å²) in [5, 5.41) is 8.13. The Morgan fingerprint density at radius 1 is 1.59 bits per heavy atom. The van der Waals surface area contributed by atoms with Gasteiger partial charge in [-0.1, -0.05) is 33.6 Å². The molecule has 0 aliphatic rings. The van der Waals surface area contributed by atoms with Gasteiger partial charge in [-0.05, 0) is 24.1 Å². The highest BCUT2D eigenvalue weighted by Crippen LogP contribution is 2.19. The Balaban J connectivity index is 2.22. The number of nitrogens with one attached hydrogen (secondary N) is 1. The first-order valence-electron chi connectivity index (χ1n) is 4.92. The predicted molar refractivity (Wildman–Crippen MR) is 73.8 cm³/mol. The van der Waals surface area contributed by atoms with Crippen molar-refractivity contribution in [3.8, 4) is 11.8 Å². The number of halogens is 1. The molecule has 0 atom stereocenters. The van der Waals surface area contributed by atoms with Crippen molar-refractivity contribution < 1.29 is 4.79 Å². The zero-order valence-electron chi connectivity index (χ0n) is 9.08. The van der Waals surface area contributed by atoms with Gasteiger partial charge in [0.05, 0.1) is 11.3 Å². The van der Waals surface area contributed by atoms with Gasteiger partial charge >= 0.3 is 0 Å². The minimum absolute atomic E-state index is 0.0812. The number of carbonyl (C=O) groups excluding carboxylic acids is 1. The molecule has 0 saturated heterocycles. The molecule has 0 aliphatic carbocycles. The first kappa shape index (κ1) is 12.2. The van der Waals surface area contributed by atoms with Crippen LogP contribution >= 0.6 is 27.7 Å². The molecular formula is C12H9BrN2OS. The zero-order valence-corrected chi connectivity index (χ0v) is 11.5. The second kappa shape index (κ2) is 5.39. The van der Waals surface area contributed by atoms with Gasteiger partial charge in [-0.25, -0.2) is 0 Å². The lowest BCUT2D eigenvalue weighted by atomic mass is 10.2. The smallest absolute Gasteiger partial charge is 0.186 e. The van der Waals surface area contributed by atoms with E-state index in [0.29, 0.717) is 5.75 Å². The van der Waals surface area contributed by atoms with Crippen molar-refractivity contribution in [3.05, 3.63) is 28.4 Å². The topological polar surface area (TPSA) is 45.8 Å². The number of rotatable bonds is 1. The third-order valence-electron chi connectivity index (χ3n) is 2.08. The van der Waals surface area contributed by atoms with E-state index in [4.69, 9.17) is 0 Å². The van der Waals surface area contributed by atoms with E-state index in [0.717, 1.165) is 21.1 Å². The average molecular weight is 309 g/mol. The lowest BCUT2D eigenvalue weighted by Gasteiger charge is -1.89. The van der Waals surface area contributed by atoms with Gasteiger partial charge < -0.3 is 0 Å². The Bertz CT molecular complexity index is 624. The number of benzene rings is 1. The largest absolute Gasteiger partial charge is 0.288 e.